The maximum atomic E-state index is 12.0. The van der Waals surface area contributed by atoms with Gasteiger partial charge in [0.1, 0.15) is 5.76 Å². The minimum Gasteiger partial charge on any atom is -0.361 e. The van der Waals surface area contributed by atoms with Gasteiger partial charge in [-0.05, 0) is 43.7 Å². The summed E-state index contributed by atoms with van der Waals surface area (Å²) < 4.78 is 5.18. The van der Waals surface area contributed by atoms with Gasteiger partial charge >= 0.3 is 0 Å². The van der Waals surface area contributed by atoms with Crippen molar-refractivity contribution in [3.63, 3.8) is 0 Å². The summed E-state index contributed by atoms with van der Waals surface area (Å²) in [6, 6.07) is 16.2. The van der Waals surface area contributed by atoms with Gasteiger partial charge in [0, 0.05) is 16.8 Å². The van der Waals surface area contributed by atoms with E-state index >= 15 is 0 Å². The van der Waals surface area contributed by atoms with E-state index in [4.69, 9.17) is 4.52 Å². The summed E-state index contributed by atoms with van der Waals surface area (Å²) in [5.74, 6) is 0.178. The monoisotopic (exact) mass is 349 g/mol. The van der Waals surface area contributed by atoms with Gasteiger partial charge in [-0.25, -0.2) is 0 Å². The molecule has 0 saturated heterocycles. The van der Waals surface area contributed by atoms with E-state index in [0.29, 0.717) is 11.3 Å². The van der Waals surface area contributed by atoms with Crippen molar-refractivity contribution in [2.24, 2.45) is 0 Å². The van der Waals surface area contributed by atoms with Crippen LogP contribution in [0, 0.1) is 13.8 Å². The summed E-state index contributed by atoms with van der Waals surface area (Å²) in [7, 11) is 0. The number of benzene rings is 2. The number of nitrogens with zero attached hydrogens (tertiary/aromatic N) is 1. The summed E-state index contributed by atoms with van der Waals surface area (Å²) in [5, 5.41) is 9.30. The molecular weight excluding hydrogens is 330 g/mol. The zero-order valence-electron chi connectivity index (χ0n) is 14.6. The highest BCUT2D eigenvalue weighted by atomic mass is 16.5. The van der Waals surface area contributed by atoms with Crippen LogP contribution in [0.3, 0.4) is 0 Å². The molecule has 6 nitrogen and oxygen atoms in total. The van der Waals surface area contributed by atoms with Crippen molar-refractivity contribution < 1.29 is 14.1 Å². The molecule has 0 fully saturated rings. The second-order valence-corrected chi connectivity index (χ2v) is 5.87. The fourth-order valence-electron chi connectivity index (χ4n) is 2.67. The zero-order chi connectivity index (χ0) is 18.5. The lowest BCUT2D eigenvalue weighted by atomic mass is 10.0. The van der Waals surface area contributed by atoms with Crippen LogP contribution in [-0.2, 0) is 4.79 Å². The molecule has 1 heterocycles. The van der Waals surface area contributed by atoms with Crippen LogP contribution in [0.1, 0.15) is 21.8 Å². The van der Waals surface area contributed by atoms with E-state index in [1.54, 1.807) is 36.4 Å². The predicted octanol–water partition coefficient (Wildman–Crippen LogP) is 3.33. The van der Waals surface area contributed by atoms with E-state index in [1.807, 2.05) is 32.0 Å². The third-order valence-corrected chi connectivity index (χ3v) is 3.94. The molecule has 0 saturated carbocycles. The maximum absolute atomic E-state index is 12.0. The quantitative estimate of drug-likeness (QED) is 0.740. The van der Waals surface area contributed by atoms with Crippen LogP contribution in [0.15, 0.2) is 59.1 Å². The standard InChI is InChI=1S/C20H19N3O3/c1-13-19(14(2)26-23-13)15-8-10-17(11-9-15)22-18(24)12-21-20(25)16-6-4-3-5-7-16/h3-11H,12H2,1-2H3,(H,21,25)(H,22,24). The Labute approximate surface area is 151 Å². The lowest BCUT2D eigenvalue weighted by Gasteiger charge is -2.08. The Morgan fingerprint density at radius 1 is 1.00 bits per heavy atom. The number of carbonyl (C=O) groups excluding carboxylic acids is 2. The van der Waals surface area contributed by atoms with Crippen molar-refractivity contribution in [3.05, 3.63) is 71.6 Å². The van der Waals surface area contributed by atoms with E-state index in [2.05, 4.69) is 15.8 Å². The van der Waals surface area contributed by atoms with Crippen LogP contribution in [-0.4, -0.2) is 23.5 Å². The van der Waals surface area contributed by atoms with Crippen LogP contribution < -0.4 is 10.6 Å². The third kappa shape index (κ3) is 3.97. The molecule has 0 unspecified atom stereocenters. The van der Waals surface area contributed by atoms with Crippen molar-refractivity contribution >= 4 is 17.5 Å². The van der Waals surface area contributed by atoms with E-state index in [1.165, 1.54) is 0 Å². The van der Waals surface area contributed by atoms with E-state index in [-0.39, 0.29) is 18.4 Å². The fraction of sp³-hybridized carbons (Fsp3) is 0.150. The smallest absolute Gasteiger partial charge is 0.251 e. The molecule has 132 valence electrons. The van der Waals surface area contributed by atoms with Crippen molar-refractivity contribution in [1.82, 2.24) is 10.5 Å². The molecule has 2 aromatic carbocycles. The number of carbonyl (C=O) groups is 2. The Morgan fingerprint density at radius 3 is 2.31 bits per heavy atom. The molecule has 0 atom stereocenters. The van der Waals surface area contributed by atoms with Gasteiger partial charge in [-0.3, -0.25) is 9.59 Å². The van der Waals surface area contributed by atoms with Crippen molar-refractivity contribution in [3.8, 4) is 11.1 Å². The van der Waals surface area contributed by atoms with Gasteiger partial charge in [-0.1, -0.05) is 35.5 Å². The molecule has 0 radical (unpaired) electrons. The SMILES string of the molecule is Cc1noc(C)c1-c1ccc(NC(=O)CNC(=O)c2ccccc2)cc1. The van der Waals surface area contributed by atoms with Gasteiger partial charge in [0.2, 0.25) is 5.91 Å². The van der Waals surface area contributed by atoms with Crippen molar-refractivity contribution in [2.45, 2.75) is 13.8 Å². The van der Waals surface area contributed by atoms with E-state index < -0.39 is 0 Å². The molecule has 0 aliphatic rings. The molecule has 0 aliphatic heterocycles. The summed E-state index contributed by atoms with van der Waals surface area (Å²) in [4.78, 5) is 24.0. The van der Waals surface area contributed by atoms with Crippen LogP contribution in [0.4, 0.5) is 5.69 Å². The lowest BCUT2D eigenvalue weighted by molar-refractivity contribution is -0.115. The van der Waals surface area contributed by atoms with E-state index in [9.17, 15) is 9.59 Å². The molecule has 2 amide bonds. The topological polar surface area (TPSA) is 84.2 Å². The minimum atomic E-state index is -0.292. The minimum absolute atomic E-state index is 0.0979. The van der Waals surface area contributed by atoms with Gasteiger partial charge < -0.3 is 15.2 Å². The number of hydrogen-bond acceptors (Lipinski definition) is 4. The number of nitrogens with one attached hydrogen (secondary N) is 2. The lowest BCUT2D eigenvalue weighted by Crippen LogP contribution is -2.32. The summed E-state index contributed by atoms with van der Waals surface area (Å²) in [5.41, 5.74) is 3.92. The highest BCUT2D eigenvalue weighted by Crippen LogP contribution is 2.27. The summed E-state index contributed by atoms with van der Waals surface area (Å²) in [6.45, 7) is 3.65. The number of hydrogen-bond donors (Lipinski definition) is 2. The molecule has 3 aromatic rings. The maximum Gasteiger partial charge on any atom is 0.251 e. The second kappa shape index (κ2) is 7.65. The second-order valence-electron chi connectivity index (χ2n) is 5.87. The first-order chi connectivity index (χ1) is 12.5. The molecule has 3 rings (SSSR count). The van der Waals surface area contributed by atoms with Gasteiger partial charge in [0.25, 0.3) is 5.91 Å². The first-order valence-electron chi connectivity index (χ1n) is 8.21. The molecular formula is C20H19N3O3. The van der Waals surface area contributed by atoms with Crippen molar-refractivity contribution in [2.75, 3.05) is 11.9 Å². The van der Waals surface area contributed by atoms with Crippen LogP contribution in [0.25, 0.3) is 11.1 Å². The van der Waals surface area contributed by atoms with Crippen LogP contribution in [0.2, 0.25) is 0 Å². The molecule has 26 heavy (non-hydrogen) atoms. The van der Waals surface area contributed by atoms with Gasteiger partial charge in [-0.15, -0.1) is 0 Å². The Kier molecular flexibility index (Phi) is 5.12. The number of rotatable bonds is 5. The third-order valence-electron chi connectivity index (χ3n) is 3.94. The number of anilines is 1. The molecule has 2 N–H and O–H groups in total. The Bertz CT molecular complexity index is 896. The molecule has 1 aromatic heterocycles. The Balaban J connectivity index is 1.57. The Morgan fingerprint density at radius 2 is 1.69 bits per heavy atom. The molecule has 6 heteroatoms. The van der Waals surface area contributed by atoms with Gasteiger partial charge in [-0.2, -0.15) is 0 Å². The number of aryl methyl sites for hydroxylation is 2. The van der Waals surface area contributed by atoms with Gasteiger partial charge in [0.15, 0.2) is 0 Å². The summed E-state index contributed by atoms with van der Waals surface area (Å²) in [6.07, 6.45) is 0. The predicted molar refractivity (Wildman–Crippen MR) is 98.8 cm³/mol. The van der Waals surface area contributed by atoms with Crippen molar-refractivity contribution in [1.29, 1.82) is 0 Å². The van der Waals surface area contributed by atoms with Crippen LogP contribution in [0.5, 0.6) is 0 Å². The highest BCUT2D eigenvalue weighted by Gasteiger charge is 2.12. The number of aromatic nitrogens is 1. The number of amides is 2. The molecule has 0 aliphatic carbocycles. The zero-order valence-corrected chi connectivity index (χ0v) is 14.6. The van der Waals surface area contributed by atoms with Gasteiger partial charge in [0.05, 0.1) is 12.2 Å². The Hall–Kier alpha value is -3.41. The highest BCUT2D eigenvalue weighted by molar-refractivity contribution is 5.99. The fourth-order valence-corrected chi connectivity index (χ4v) is 2.67. The first-order valence-corrected chi connectivity index (χ1v) is 8.21. The average molecular weight is 349 g/mol. The average Bonchev–Trinajstić information content (AvgIpc) is 2.99. The molecule has 0 bridgehead atoms. The van der Waals surface area contributed by atoms with E-state index in [0.717, 1.165) is 22.6 Å². The van der Waals surface area contributed by atoms with Crippen LogP contribution >= 0.6 is 0 Å². The first kappa shape index (κ1) is 17.4. The molecule has 0 spiro atoms. The largest absolute Gasteiger partial charge is 0.361 e. The normalized spacial score (nSPS) is 10.4. The summed E-state index contributed by atoms with van der Waals surface area (Å²) >= 11 is 0.